The van der Waals surface area contributed by atoms with Gasteiger partial charge < -0.3 is 10.1 Å². The van der Waals surface area contributed by atoms with E-state index in [0.717, 1.165) is 23.2 Å². The second kappa shape index (κ2) is 7.45. The number of carbonyl (C=O) groups excluding carboxylic acids is 2. The summed E-state index contributed by atoms with van der Waals surface area (Å²) in [5.74, 6) is -0.810. The summed E-state index contributed by atoms with van der Waals surface area (Å²) in [5, 5.41) is 2.72. The molecule has 0 radical (unpaired) electrons. The van der Waals surface area contributed by atoms with Gasteiger partial charge in [-0.2, -0.15) is 0 Å². The zero-order chi connectivity index (χ0) is 17.7. The highest BCUT2D eigenvalue weighted by Crippen LogP contribution is 2.18. The highest BCUT2D eigenvalue weighted by molar-refractivity contribution is 7.92. The number of benzene rings is 1. The minimum absolute atomic E-state index is 0.226. The van der Waals surface area contributed by atoms with Crippen LogP contribution in [-0.4, -0.2) is 33.7 Å². The summed E-state index contributed by atoms with van der Waals surface area (Å²) in [5.41, 5.74) is 1.16. The first kappa shape index (κ1) is 18.0. The Bertz CT molecular complexity index is 858. The maximum atomic E-state index is 12.1. The molecule has 1 amide bonds. The normalized spacial score (nSPS) is 10.9. The van der Waals surface area contributed by atoms with E-state index < -0.39 is 16.0 Å². The Balaban J connectivity index is 2.00. The number of carbonyl (C=O) groups is 2. The van der Waals surface area contributed by atoms with Crippen molar-refractivity contribution in [1.29, 1.82) is 0 Å². The average Bonchev–Trinajstić information content (AvgIpc) is 3.00. The molecule has 0 spiro atoms. The molecule has 24 heavy (non-hydrogen) atoms. The molecule has 7 nitrogen and oxygen atoms in total. The first-order valence-corrected chi connectivity index (χ1v) is 9.52. The maximum Gasteiger partial charge on any atom is 0.348 e. The van der Waals surface area contributed by atoms with Crippen molar-refractivity contribution in [2.24, 2.45) is 0 Å². The van der Waals surface area contributed by atoms with Gasteiger partial charge in [-0.05, 0) is 29.8 Å². The van der Waals surface area contributed by atoms with E-state index in [1.54, 1.807) is 30.3 Å². The molecule has 2 aromatic rings. The van der Waals surface area contributed by atoms with E-state index in [1.165, 1.54) is 13.2 Å². The van der Waals surface area contributed by atoms with Crippen molar-refractivity contribution in [3.63, 3.8) is 0 Å². The maximum absolute atomic E-state index is 12.1. The topological polar surface area (TPSA) is 102 Å². The molecule has 0 bridgehead atoms. The number of methoxy groups -OCH3 is 1. The summed E-state index contributed by atoms with van der Waals surface area (Å²) in [6, 6.07) is 9.79. The molecule has 0 fully saturated rings. The van der Waals surface area contributed by atoms with Gasteiger partial charge in [0.15, 0.2) is 0 Å². The Morgan fingerprint density at radius 2 is 1.88 bits per heavy atom. The molecular formula is C15H16N2O5S2. The Morgan fingerprint density at radius 3 is 2.54 bits per heavy atom. The second-order valence-electron chi connectivity index (χ2n) is 4.91. The fourth-order valence-corrected chi connectivity index (χ4v) is 3.29. The van der Waals surface area contributed by atoms with Crippen molar-refractivity contribution in [2.45, 2.75) is 6.54 Å². The van der Waals surface area contributed by atoms with Crippen LogP contribution in [0.4, 0.5) is 5.69 Å². The molecule has 0 unspecified atom stereocenters. The largest absolute Gasteiger partial charge is 0.465 e. The molecule has 1 heterocycles. The molecule has 0 atom stereocenters. The fraction of sp³-hybridized carbons (Fsp3) is 0.200. The van der Waals surface area contributed by atoms with E-state index in [0.29, 0.717) is 15.4 Å². The van der Waals surface area contributed by atoms with Crippen molar-refractivity contribution in [3.05, 3.63) is 51.7 Å². The second-order valence-corrected chi connectivity index (χ2v) is 7.74. The summed E-state index contributed by atoms with van der Waals surface area (Å²) in [6.07, 6.45) is 1.07. The van der Waals surface area contributed by atoms with Crippen LogP contribution in [0, 0.1) is 0 Å². The Labute approximate surface area is 143 Å². The lowest BCUT2D eigenvalue weighted by Gasteiger charge is -2.07. The predicted molar refractivity (Wildman–Crippen MR) is 91.7 cm³/mol. The number of esters is 1. The van der Waals surface area contributed by atoms with Crippen LogP contribution in [0.3, 0.4) is 0 Å². The van der Waals surface area contributed by atoms with Crippen molar-refractivity contribution in [1.82, 2.24) is 5.32 Å². The van der Waals surface area contributed by atoms with Gasteiger partial charge in [-0.3, -0.25) is 9.52 Å². The summed E-state index contributed by atoms with van der Waals surface area (Å²) in [7, 11) is -2.08. The number of hydrogen-bond donors (Lipinski definition) is 2. The Hall–Kier alpha value is -2.39. The Kier molecular flexibility index (Phi) is 5.58. The molecule has 1 aromatic heterocycles. The van der Waals surface area contributed by atoms with Gasteiger partial charge >= 0.3 is 5.97 Å². The lowest BCUT2D eigenvalue weighted by atomic mass is 10.2. The number of nitrogens with one attached hydrogen (secondary N) is 2. The van der Waals surface area contributed by atoms with Crippen LogP contribution >= 0.6 is 11.3 Å². The minimum atomic E-state index is -3.36. The first-order chi connectivity index (χ1) is 11.3. The minimum Gasteiger partial charge on any atom is -0.465 e. The van der Waals surface area contributed by atoms with Crippen molar-refractivity contribution in [3.8, 4) is 0 Å². The van der Waals surface area contributed by atoms with Gasteiger partial charge in [0.1, 0.15) is 4.88 Å². The van der Waals surface area contributed by atoms with E-state index in [1.807, 2.05) is 0 Å². The standard InChI is InChI=1S/C15H16N2O5S2/c1-22-15(19)13-7-6-12(23-13)14(18)16-9-10-4-3-5-11(8-10)17-24(2,20)21/h3-8,17H,9H2,1-2H3,(H,16,18). The van der Waals surface area contributed by atoms with Crippen LogP contribution in [0.15, 0.2) is 36.4 Å². The third-order valence-electron chi connectivity index (χ3n) is 2.90. The molecule has 0 aliphatic carbocycles. The molecule has 0 aliphatic heterocycles. The van der Waals surface area contributed by atoms with Gasteiger partial charge in [0.05, 0.1) is 18.2 Å². The van der Waals surface area contributed by atoms with Crippen LogP contribution in [0.5, 0.6) is 0 Å². The summed E-state index contributed by atoms with van der Waals surface area (Å²) in [6.45, 7) is 0.226. The van der Waals surface area contributed by atoms with Crippen LogP contribution < -0.4 is 10.0 Å². The highest BCUT2D eigenvalue weighted by Gasteiger charge is 2.13. The monoisotopic (exact) mass is 368 g/mol. The lowest BCUT2D eigenvalue weighted by molar-refractivity contribution is 0.0606. The molecule has 9 heteroatoms. The van der Waals surface area contributed by atoms with Crippen LogP contribution in [-0.2, 0) is 21.3 Å². The molecular weight excluding hydrogens is 352 g/mol. The fourth-order valence-electron chi connectivity index (χ4n) is 1.90. The van der Waals surface area contributed by atoms with Crippen LogP contribution in [0.2, 0.25) is 0 Å². The number of anilines is 1. The van der Waals surface area contributed by atoms with Crippen LogP contribution in [0.1, 0.15) is 24.9 Å². The average molecular weight is 368 g/mol. The number of amides is 1. The number of hydrogen-bond acceptors (Lipinski definition) is 6. The van der Waals surface area contributed by atoms with E-state index in [2.05, 4.69) is 14.8 Å². The van der Waals surface area contributed by atoms with Gasteiger partial charge in [-0.1, -0.05) is 12.1 Å². The van der Waals surface area contributed by atoms with Gasteiger partial charge in [-0.15, -0.1) is 11.3 Å². The third-order valence-corrected chi connectivity index (χ3v) is 4.57. The molecule has 2 rings (SSSR count). The van der Waals surface area contributed by atoms with Gasteiger partial charge in [0.2, 0.25) is 10.0 Å². The molecule has 2 N–H and O–H groups in total. The zero-order valence-electron chi connectivity index (χ0n) is 13.0. The van der Waals surface area contributed by atoms with Gasteiger partial charge in [0, 0.05) is 12.2 Å². The SMILES string of the molecule is COC(=O)c1ccc(C(=O)NCc2cccc(NS(C)(=O)=O)c2)s1. The van der Waals surface area contributed by atoms with Crippen molar-refractivity contribution in [2.75, 3.05) is 18.1 Å². The van der Waals surface area contributed by atoms with Crippen LogP contribution in [0.25, 0.3) is 0 Å². The summed E-state index contributed by atoms with van der Waals surface area (Å²) in [4.78, 5) is 24.2. The summed E-state index contributed by atoms with van der Waals surface area (Å²) < 4.78 is 29.4. The third kappa shape index (κ3) is 5.07. The van der Waals surface area contributed by atoms with Crippen molar-refractivity contribution < 1.29 is 22.7 Å². The molecule has 128 valence electrons. The predicted octanol–water partition coefficient (Wildman–Crippen LogP) is 1.84. The molecule has 0 saturated carbocycles. The van der Waals surface area contributed by atoms with Gasteiger partial charge in [-0.25, -0.2) is 13.2 Å². The molecule has 1 aromatic carbocycles. The Morgan fingerprint density at radius 1 is 1.17 bits per heavy atom. The highest BCUT2D eigenvalue weighted by atomic mass is 32.2. The van der Waals surface area contributed by atoms with E-state index in [4.69, 9.17) is 0 Å². The smallest absolute Gasteiger partial charge is 0.348 e. The van der Waals surface area contributed by atoms with E-state index >= 15 is 0 Å². The van der Waals surface area contributed by atoms with E-state index in [9.17, 15) is 18.0 Å². The number of thiophene rings is 1. The number of rotatable bonds is 6. The zero-order valence-corrected chi connectivity index (χ0v) is 14.7. The summed E-state index contributed by atoms with van der Waals surface area (Å²) >= 11 is 1.04. The quantitative estimate of drug-likeness (QED) is 0.758. The number of sulfonamides is 1. The first-order valence-electron chi connectivity index (χ1n) is 6.81. The number of ether oxygens (including phenoxy) is 1. The van der Waals surface area contributed by atoms with E-state index in [-0.39, 0.29) is 12.5 Å². The van der Waals surface area contributed by atoms with Gasteiger partial charge in [0.25, 0.3) is 5.91 Å². The molecule has 0 saturated heterocycles. The van der Waals surface area contributed by atoms with Crippen molar-refractivity contribution >= 4 is 38.9 Å². The lowest BCUT2D eigenvalue weighted by Crippen LogP contribution is -2.21. The molecule has 0 aliphatic rings.